The van der Waals surface area contributed by atoms with Gasteiger partial charge < -0.3 is 20.3 Å². The minimum absolute atomic E-state index is 0.132. The van der Waals surface area contributed by atoms with Crippen LogP contribution in [0.4, 0.5) is 11.4 Å². The lowest BCUT2D eigenvalue weighted by atomic mass is 10.2. The van der Waals surface area contributed by atoms with Crippen LogP contribution in [0.3, 0.4) is 0 Å². The van der Waals surface area contributed by atoms with E-state index in [2.05, 4.69) is 10.6 Å². The molecule has 2 rings (SSSR count). The molecule has 2 aromatic rings. The molecule has 3 N–H and O–H groups in total. The van der Waals surface area contributed by atoms with Gasteiger partial charge in [0.1, 0.15) is 12.3 Å². The third kappa shape index (κ3) is 4.44. The van der Waals surface area contributed by atoms with E-state index in [1.165, 1.54) is 17.6 Å². The maximum Gasteiger partial charge on any atom is 0.254 e. The summed E-state index contributed by atoms with van der Waals surface area (Å²) in [6.07, 6.45) is 0. The Kier molecular flexibility index (Phi) is 4.80. The Balaban J connectivity index is 2.11. The van der Waals surface area contributed by atoms with Crippen molar-refractivity contribution in [3.63, 3.8) is 0 Å². The van der Waals surface area contributed by atoms with Gasteiger partial charge in [-0.15, -0.1) is 0 Å². The van der Waals surface area contributed by atoms with Crippen LogP contribution in [0.15, 0.2) is 41.2 Å². The fraction of sp³-hybridized carbons (Fsp3) is 0.188. The molecule has 0 saturated heterocycles. The Bertz CT molecular complexity index is 811. The molecule has 7 heteroatoms. The number of hydrogen-bond donors (Lipinski definition) is 3. The highest BCUT2D eigenvalue weighted by molar-refractivity contribution is 5.93. The maximum absolute atomic E-state index is 12.1. The number of carbonyl (C=O) groups excluding carboxylic acids is 2. The van der Waals surface area contributed by atoms with Crippen molar-refractivity contribution in [3.8, 4) is 5.75 Å². The number of carbonyl (C=O) groups is 2. The second-order valence-corrected chi connectivity index (χ2v) is 5.09. The average Bonchev–Trinajstić information content (AvgIpc) is 2.42. The molecule has 0 spiro atoms. The zero-order valence-corrected chi connectivity index (χ0v) is 12.8. The lowest BCUT2D eigenvalue weighted by Gasteiger charge is -2.11. The van der Waals surface area contributed by atoms with Gasteiger partial charge in [0.05, 0.1) is 0 Å². The van der Waals surface area contributed by atoms with Crippen LogP contribution in [-0.2, 0) is 16.1 Å². The van der Waals surface area contributed by atoms with Crippen LogP contribution in [0.25, 0.3) is 0 Å². The van der Waals surface area contributed by atoms with Crippen molar-refractivity contribution in [1.29, 1.82) is 0 Å². The minimum atomic E-state index is -0.454. The number of anilines is 2. The fourth-order valence-electron chi connectivity index (χ4n) is 2.14. The first-order chi connectivity index (χ1) is 10.8. The number of nitrogens with one attached hydrogen (secondary N) is 2. The first kappa shape index (κ1) is 16.3. The summed E-state index contributed by atoms with van der Waals surface area (Å²) in [5, 5.41) is 14.6. The summed E-state index contributed by atoms with van der Waals surface area (Å²) in [5.74, 6) is -0.729. The first-order valence-electron chi connectivity index (χ1n) is 6.93. The van der Waals surface area contributed by atoms with E-state index in [9.17, 15) is 19.5 Å². The van der Waals surface area contributed by atoms with Gasteiger partial charge in [-0.2, -0.15) is 0 Å². The normalized spacial score (nSPS) is 10.2. The van der Waals surface area contributed by atoms with Gasteiger partial charge in [0.15, 0.2) is 0 Å². The van der Waals surface area contributed by atoms with Crippen LogP contribution in [0.2, 0.25) is 0 Å². The molecule has 0 aliphatic carbocycles. The van der Waals surface area contributed by atoms with Crippen LogP contribution in [0.1, 0.15) is 12.6 Å². The molecule has 0 unspecified atom stereocenters. The van der Waals surface area contributed by atoms with Gasteiger partial charge in [-0.25, -0.2) is 0 Å². The van der Waals surface area contributed by atoms with Crippen LogP contribution in [0, 0.1) is 6.92 Å². The second kappa shape index (κ2) is 6.78. The molecule has 0 aliphatic heterocycles. The maximum atomic E-state index is 12.1. The number of hydrogen-bond acceptors (Lipinski definition) is 4. The van der Waals surface area contributed by atoms with E-state index >= 15 is 0 Å². The van der Waals surface area contributed by atoms with E-state index < -0.39 is 5.56 Å². The molecule has 2 amide bonds. The molecule has 0 fully saturated rings. The number of aryl methyl sites for hydroxylation is 1. The Morgan fingerprint density at radius 2 is 1.78 bits per heavy atom. The smallest absolute Gasteiger partial charge is 0.254 e. The predicted molar refractivity (Wildman–Crippen MR) is 86.5 cm³/mol. The van der Waals surface area contributed by atoms with Gasteiger partial charge in [0, 0.05) is 30.1 Å². The zero-order valence-electron chi connectivity index (χ0n) is 12.8. The zero-order chi connectivity index (χ0) is 17.0. The summed E-state index contributed by atoms with van der Waals surface area (Å²) < 4.78 is 1.26. The van der Waals surface area contributed by atoms with Gasteiger partial charge in [0.25, 0.3) is 5.56 Å². The van der Waals surface area contributed by atoms with Crippen molar-refractivity contribution in [1.82, 2.24) is 4.57 Å². The van der Waals surface area contributed by atoms with E-state index in [0.717, 1.165) is 6.07 Å². The number of aromatic hydroxyl groups is 1. The Morgan fingerprint density at radius 1 is 1.13 bits per heavy atom. The van der Waals surface area contributed by atoms with E-state index in [4.69, 9.17) is 0 Å². The third-order valence-corrected chi connectivity index (χ3v) is 3.09. The average molecular weight is 315 g/mol. The summed E-state index contributed by atoms with van der Waals surface area (Å²) in [6, 6.07) is 9.15. The highest BCUT2D eigenvalue weighted by Crippen LogP contribution is 2.15. The Morgan fingerprint density at radius 3 is 2.39 bits per heavy atom. The van der Waals surface area contributed by atoms with Gasteiger partial charge in [-0.05, 0) is 31.2 Å². The van der Waals surface area contributed by atoms with Gasteiger partial charge >= 0.3 is 0 Å². The molecule has 1 aromatic heterocycles. The topological polar surface area (TPSA) is 100 Å². The quantitative estimate of drug-likeness (QED) is 0.795. The summed E-state index contributed by atoms with van der Waals surface area (Å²) in [6.45, 7) is 2.85. The molecule has 1 heterocycles. The third-order valence-electron chi connectivity index (χ3n) is 3.09. The predicted octanol–water partition coefficient (Wildman–Crippen LogP) is 1.46. The SMILES string of the molecule is CC(=O)Nc1cccc(NC(=O)Cn2c(C)cc(O)cc2=O)c1. The van der Waals surface area contributed by atoms with Crippen molar-refractivity contribution in [2.45, 2.75) is 20.4 Å². The molecule has 0 radical (unpaired) electrons. The summed E-state index contributed by atoms with van der Waals surface area (Å²) in [7, 11) is 0. The second-order valence-electron chi connectivity index (χ2n) is 5.09. The first-order valence-corrected chi connectivity index (χ1v) is 6.93. The van der Waals surface area contributed by atoms with Gasteiger partial charge in [-0.1, -0.05) is 6.07 Å². The molecular weight excluding hydrogens is 298 g/mol. The van der Waals surface area contributed by atoms with Crippen molar-refractivity contribution in [3.05, 3.63) is 52.4 Å². The molecule has 23 heavy (non-hydrogen) atoms. The molecule has 1 aromatic carbocycles. The lowest BCUT2D eigenvalue weighted by Crippen LogP contribution is -2.28. The number of rotatable bonds is 4. The van der Waals surface area contributed by atoms with Crippen molar-refractivity contribution < 1.29 is 14.7 Å². The van der Waals surface area contributed by atoms with Crippen LogP contribution >= 0.6 is 0 Å². The summed E-state index contributed by atoms with van der Waals surface area (Å²) >= 11 is 0. The molecule has 0 bridgehead atoms. The largest absolute Gasteiger partial charge is 0.508 e. The van der Waals surface area contributed by atoms with E-state index in [1.54, 1.807) is 31.2 Å². The monoisotopic (exact) mass is 315 g/mol. The molecule has 0 saturated carbocycles. The van der Waals surface area contributed by atoms with E-state index in [0.29, 0.717) is 17.1 Å². The molecule has 0 aliphatic rings. The highest BCUT2D eigenvalue weighted by atomic mass is 16.3. The number of nitrogens with zero attached hydrogens (tertiary/aromatic N) is 1. The van der Waals surface area contributed by atoms with E-state index in [1.807, 2.05) is 0 Å². The molecular formula is C16H17N3O4. The standard InChI is InChI=1S/C16H17N3O4/c1-10-6-14(21)8-16(23)19(10)9-15(22)18-13-5-3-4-12(7-13)17-11(2)20/h3-8,21H,9H2,1-2H3,(H,17,20)(H,18,22). The van der Waals surface area contributed by atoms with Crippen molar-refractivity contribution in [2.24, 2.45) is 0 Å². The summed E-state index contributed by atoms with van der Waals surface area (Å²) in [4.78, 5) is 34.9. The summed E-state index contributed by atoms with van der Waals surface area (Å²) in [5.41, 5.74) is 1.10. The number of pyridine rings is 1. The van der Waals surface area contributed by atoms with E-state index in [-0.39, 0.29) is 24.1 Å². The highest BCUT2D eigenvalue weighted by Gasteiger charge is 2.09. The molecule has 7 nitrogen and oxygen atoms in total. The number of aromatic nitrogens is 1. The van der Waals surface area contributed by atoms with Crippen LogP contribution in [0.5, 0.6) is 5.75 Å². The van der Waals surface area contributed by atoms with Crippen molar-refractivity contribution in [2.75, 3.05) is 10.6 Å². The van der Waals surface area contributed by atoms with Gasteiger partial charge in [-0.3, -0.25) is 14.4 Å². The van der Waals surface area contributed by atoms with Gasteiger partial charge in [0.2, 0.25) is 11.8 Å². The number of amides is 2. The van der Waals surface area contributed by atoms with Crippen molar-refractivity contribution >= 4 is 23.2 Å². The lowest BCUT2D eigenvalue weighted by molar-refractivity contribution is -0.117. The van der Waals surface area contributed by atoms with Crippen LogP contribution in [-0.4, -0.2) is 21.5 Å². The minimum Gasteiger partial charge on any atom is -0.508 e. The Hall–Kier alpha value is -3.09. The Labute approximate surface area is 132 Å². The van der Waals surface area contributed by atoms with Crippen LogP contribution < -0.4 is 16.2 Å². The molecule has 0 atom stereocenters. The number of benzene rings is 1. The molecule has 120 valence electrons. The fourth-order valence-corrected chi connectivity index (χ4v) is 2.14.